The van der Waals surface area contributed by atoms with Gasteiger partial charge in [0, 0.05) is 15.5 Å². The molecule has 2 aromatic heterocycles. The Labute approximate surface area is 128 Å². The normalized spacial score (nSPS) is 10.7. The van der Waals surface area contributed by atoms with Crippen LogP contribution in [-0.2, 0) is 0 Å². The molecule has 0 unspecified atom stereocenters. The maximum Gasteiger partial charge on any atom is 0.273 e. The molecule has 3 aromatic rings. The third-order valence-corrected chi connectivity index (χ3v) is 4.25. The Balaban J connectivity index is 2.32. The van der Waals surface area contributed by atoms with Gasteiger partial charge in [0.25, 0.3) is 5.56 Å². The Morgan fingerprint density at radius 2 is 1.80 bits per heavy atom. The number of nitrogens with zero attached hydrogens (tertiary/aromatic N) is 1. The number of hydrogen-bond acceptors (Lipinski definition) is 3. The summed E-state index contributed by atoms with van der Waals surface area (Å²) in [5.41, 5.74) is 1.69. The molecular formula is C14H8Cl2N2OS. The standard InChI is InChI=1S/C14H8Cl2N2OS/c15-9-5-3-8(4-6-9)11-12(10-2-1-7-20-10)14(19)18-17-13(11)16/h1-7H,(H,18,19). The molecule has 1 N–H and O–H groups in total. The van der Waals surface area contributed by atoms with E-state index in [0.29, 0.717) is 16.1 Å². The van der Waals surface area contributed by atoms with Crippen molar-refractivity contribution in [2.75, 3.05) is 0 Å². The minimum absolute atomic E-state index is 0.260. The van der Waals surface area contributed by atoms with Crippen molar-refractivity contribution in [1.82, 2.24) is 10.2 Å². The zero-order valence-corrected chi connectivity index (χ0v) is 12.4. The SMILES string of the molecule is O=c1[nH]nc(Cl)c(-c2ccc(Cl)cc2)c1-c1cccs1. The molecule has 0 aliphatic rings. The zero-order valence-electron chi connectivity index (χ0n) is 10.1. The Bertz CT molecular complexity index is 795. The summed E-state index contributed by atoms with van der Waals surface area (Å²) in [5, 5.41) is 9.06. The number of rotatable bonds is 2. The van der Waals surface area contributed by atoms with Gasteiger partial charge >= 0.3 is 0 Å². The summed E-state index contributed by atoms with van der Waals surface area (Å²) in [7, 11) is 0. The minimum Gasteiger partial charge on any atom is -0.267 e. The van der Waals surface area contributed by atoms with Gasteiger partial charge < -0.3 is 0 Å². The molecule has 1 aromatic carbocycles. The molecule has 0 aliphatic carbocycles. The second-order valence-corrected chi connectivity index (χ2v) is 5.82. The van der Waals surface area contributed by atoms with Crippen molar-refractivity contribution in [3.8, 4) is 21.6 Å². The molecular weight excluding hydrogens is 315 g/mol. The van der Waals surface area contributed by atoms with Crippen molar-refractivity contribution in [3.05, 3.63) is 62.3 Å². The quantitative estimate of drug-likeness (QED) is 0.756. The minimum atomic E-state index is -0.262. The van der Waals surface area contributed by atoms with Crippen LogP contribution in [0.4, 0.5) is 0 Å². The lowest BCUT2D eigenvalue weighted by atomic mass is 10.0. The number of aromatic nitrogens is 2. The van der Waals surface area contributed by atoms with E-state index in [1.807, 2.05) is 29.6 Å². The highest BCUT2D eigenvalue weighted by molar-refractivity contribution is 7.13. The van der Waals surface area contributed by atoms with Crippen molar-refractivity contribution in [3.63, 3.8) is 0 Å². The summed E-state index contributed by atoms with van der Waals surface area (Å²) >= 11 is 13.6. The second-order valence-electron chi connectivity index (χ2n) is 4.08. The molecule has 0 atom stereocenters. The molecule has 6 heteroatoms. The first-order chi connectivity index (χ1) is 9.66. The van der Waals surface area contributed by atoms with Crippen LogP contribution in [0, 0.1) is 0 Å². The number of hydrogen-bond donors (Lipinski definition) is 1. The first kappa shape index (κ1) is 13.4. The van der Waals surface area contributed by atoms with Crippen molar-refractivity contribution in [1.29, 1.82) is 0 Å². The van der Waals surface area contributed by atoms with Gasteiger partial charge in [-0.2, -0.15) is 5.10 Å². The second kappa shape index (κ2) is 5.40. The molecule has 0 aliphatic heterocycles. The number of H-pyrrole nitrogens is 1. The fraction of sp³-hybridized carbons (Fsp3) is 0. The molecule has 0 spiro atoms. The van der Waals surface area contributed by atoms with Gasteiger partial charge in [0.2, 0.25) is 0 Å². The van der Waals surface area contributed by atoms with Crippen LogP contribution in [0.1, 0.15) is 0 Å². The number of nitrogens with one attached hydrogen (secondary N) is 1. The highest BCUT2D eigenvalue weighted by atomic mass is 35.5. The molecule has 3 rings (SSSR count). The molecule has 2 heterocycles. The highest BCUT2D eigenvalue weighted by Crippen LogP contribution is 2.35. The maximum atomic E-state index is 12.1. The monoisotopic (exact) mass is 322 g/mol. The summed E-state index contributed by atoms with van der Waals surface area (Å²) in [4.78, 5) is 13.0. The van der Waals surface area contributed by atoms with E-state index in [2.05, 4.69) is 10.2 Å². The van der Waals surface area contributed by atoms with E-state index in [1.165, 1.54) is 11.3 Å². The molecule has 0 saturated carbocycles. The van der Waals surface area contributed by atoms with Crippen LogP contribution in [0.5, 0.6) is 0 Å². The van der Waals surface area contributed by atoms with E-state index in [9.17, 15) is 4.79 Å². The van der Waals surface area contributed by atoms with Crippen LogP contribution < -0.4 is 5.56 Å². The molecule has 20 heavy (non-hydrogen) atoms. The van der Waals surface area contributed by atoms with E-state index in [-0.39, 0.29) is 10.7 Å². The average molecular weight is 323 g/mol. The summed E-state index contributed by atoms with van der Waals surface area (Å²) < 4.78 is 0. The first-order valence-corrected chi connectivity index (χ1v) is 7.38. The van der Waals surface area contributed by atoms with Crippen LogP contribution in [-0.4, -0.2) is 10.2 Å². The summed E-state index contributed by atoms with van der Waals surface area (Å²) in [6, 6.07) is 10.9. The average Bonchev–Trinajstić information content (AvgIpc) is 2.96. The summed E-state index contributed by atoms with van der Waals surface area (Å²) in [6.45, 7) is 0. The fourth-order valence-corrected chi connectivity index (χ4v) is 3.11. The van der Waals surface area contributed by atoms with Gasteiger partial charge in [-0.1, -0.05) is 41.4 Å². The van der Waals surface area contributed by atoms with E-state index in [1.54, 1.807) is 12.1 Å². The Hall–Kier alpha value is -1.62. The lowest BCUT2D eigenvalue weighted by Crippen LogP contribution is -2.12. The van der Waals surface area contributed by atoms with E-state index in [4.69, 9.17) is 23.2 Å². The largest absolute Gasteiger partial charge is 0.273 e. The van der Waals surface area contributed by atoms with E-state index < -0.39 is 0 Å². The number of thiophene rings is 1. The third-order valence-electron chi connectivity index (χ3n) is 2.84. The van der Waals surface area contributed by atoms with E-state index >= 15 is 0 Å². The molecule has 0 amide bonds. The van der Waals surface area contributed by atoms with Crippen molar-refractivity contribution < 1.29 is 0 Å². The number of benzene rings is 1. The van der Waals surface area contributed by atoms with Crippen LogP contribution in [0.3, 0.4) is 0 Å². The zero-order chi connectivity index (χ0) is 14.1. The topological polar surface area (TPSA) is 45.8 Å². The Morgan fingerprint density at radius 1 is 1.05 bits per heavy atom. The number of aromatic amines is 1. The van der Waals surface area contributed by atoms with Gasteiger partial charge in [0.1, 0.15) is 0 Å². The van der Waals surface area contributed by atoms with Gasteiger partial charge in [-0.25, -0.2) is 5.10 Å². The highest BCUT2D eigenvalue weighted by Gasteiger charge is 2.17. The van der Waals surface area contributed by atoms with Crippen molar-refractivity contribution in [2.24, 2.45) is 0 Å². The van der Waals surface area contributed by atoms with Gasteiger partial charge in [0.15, 0.2) is 5.15 Å². The van der Waals surface area contributed by atoms with Crippen LogP contribution >= 0.6 is 34.5 Å². The van der Waals surface area contributed by atoms with Crippen molar-refractivity contribution >= 4 is 34.5 Å². The molecule has 100 valence electrons. The maximum absolute atomic E-state index is 12.1. The van der Waals surface area contributed by atoms with Gasteiger partial charge in [-0.05, 0) is 29.1 Å². The predicted octanol–water partition coefficient (Wildman–Crippen LogP) is 4.47. The fourth-order valence-electron chi connectivity index (χ4n) is 1.96. The summed E-state index contributed by atoms with van der Waals surface area (Å²) in [5.74, 6) is 0. The van der Waals surface area contributed by atoms with Crippen LogP contribution in [0.15, 0.2) is 46.6 Å². The smallest absolute Gasteiger partial charge is 0.267 e. The van der Waals surface area contributed by atoms with Crippen LogP contribution in [0.25, 0.3) is 21.6 Å². The molecule has 0 fully saturated rings. The van der Waals surface area contributed by atoms with Gasteiger partial charge in [-0.15, -0.1) is 11.3 Å². The first-order valence-electron chi connectivity index (χ1n) is 5.75. The van der Waals surface area contributed by atoms with Gasteiger partial charge in [0.05, 0.1) is 5.56 Å². The predicted molar refractivity (Wildman–Crippen MR) is 83.6 cm³/mol. The van der Waals surface area contributed by atoms with E-state index in [0.717, 1.165) is 10.4 Å². The third kappa shape index (κ3) is 2.38. The van der Waals surface area contributed by atoms with Gasteiger partial charge in [-0.3, -0.25) is 4.79 Å². The molecule has 0 saturated heterocycles. The number of halogens is 2. The van der Waals surface area contributed by atoms with Crippen molar-refractivity contribution in [2.45, 2.75) is 0 Å². The Kier molecular flexibility index (Phi) is 3.61. The molecule has 0 bridgehead atoms. The lowest BCUT2D eigenvalue weighted by molar-refractivity contribution is 0.995. The summed E-state index contributed by atoms with van der Waals surface area (Å²) in [6.07, 6.45) is 0. The lowest BCUT2D eigenvalue weighted by Gasteiger charge is -2.08. The molecule has 0 radical (unpaired) electrons. The Morgan fingerprint density at radius 3 is 2.45 bits per heavy atom. The molecule has 3 nitrogen and oxygen atoms in total. The van der Waals surface area contributed by atoms with Crippen LogP contribution in [0.2, 0.25) is 10.2 Å².